The summed E-state index contributed by atoms with van der Waals surface area (Å²) >= 11 is 1.44. The predicted octanol–water partition coefficient (Wildman–Crippen LogP) is 5.80. The first-order valence-corrected chi connectivity index (χ1v) is 11.4. The minimum absolute atomic E-state index is 0.0367. The smallest absolute Gasteiger partial charge is 0.281 e. The van der Waals surface area contributed by atoms with Crippen molar-refractivity contribution in [1.82, 2.24) is 14.9 Å². The summed E-state index contributed by atoms with van der Waals surface area (Å²) in [5.74, 6) is 1.32. The molecule has 3 aromatic heterocycles. The second-order valence-electron chi connectivity index (χ2n) is 8.14. The number of amides is 1. The fraction of sp³-hybridized carbons (Fsp3) is 0.292. The third kappa shape index (κ3) is 3.39. The summed E-state index contributed by atoms with van der Waals surface area (Å²) in [6.45, 7) is 1.55. The molecule has 4 aromatic rings. The van der Waals surface area contributed by atoms with Gasteiger partial charge in [0.1, 0.15) is 17.6 Å². The van der Waals surface area contributed by atoms with Gasteiger partial charge in [-0.15, -0.1) is 0 Å². The molecule has 156 valence electrons. The molecule has 7 heteroatoms. The second-order valence-corrected chi connectivity index (χ2v) is 9.13. The van der Waals surface area contributed by atoms with E-state index in [-0.39, 0.29) is 5.91 Å². The Labute approximate surface area is 183 Å². The van der Waals surface area contributed by atoms with Crippen molar-refractivity contribution >= 4 is 38.6 Å². The average molecular weight is 432 g/mol. The van der Waals surface area contributed by atoms with Gasteiger partial charge in [0.25, 0.3) is 11.1 Å². The largest absolute Gasteiger partial charge is 0.463 e. The number of pyridine rings is 1. The molecule has 0 bridgehead atoms. The van der Waals surface area contributed by atoms with E-state index in [2.05, 4.69) is 16.0 Å². The van der Waals surface area contributed by atoms with Crippen LogP contribution in [-0.2, 0) is 0 Å². The van der Waals surface area contributed by atoms with E-state index in [0.717, 1.165) is 36.0 Å². The number of furan rings is 1. The van der Waals surface area contributed by atoms with Crippen molar-refractivity contribution in [3.8, 4) is 10.9 Å². The van der Waals surface area contributed by atoms with Crippen LogP contribution in [0.1, 0.15) is 36.0 Å². The van der Waals surface area contributed by atoms with Crippen LogP contribution in [0.2, 0.25) is 0 Å². The van der Waals surface area contributed by atoms with Gasteiger partial charge in [-0.05, 0) is 55.9 Å². The van der Waals surface area contributed by atoms with Crippen molar-refractivity contribution in [3.63, 3.8) is 0 Å². The zero-order valence-electron chi connectivity index (χ0n) is 16.9. The Balaban J connectivity index is 1.24. The molecule has 2 aliphatic rings. The van der Waals surface area contributed by atoms with Crippen LogP contribution < -0.4 is 4.74 Å². The first-order valence-electron chi connectivity index (χ1n) is 10.6. The van der Waals surface area contributed by atoms with Crippen LogP contribution in [0.5, 0.6) is 10.9 Å². The van der Waals surface area contributed by atoms with Crippen molar-refractivity contribution in [2.45, 2.75) is 25.7 Å². The number of fused-ring (bicyclic) bond motifs is 3. The van der Waals surface area contributed by atoms with E-state index < -0.39 is 0 Å². The molecule has 0 radical (unpaired) electrons. The van der Waals surface area contributed by atoms with Gasteiger partial charge in [-0.1, -0.05) is 23.0 Å². The minimum Gasteiger partial charge on any atom is -0.463 e. The molecule has 1 aliphatic heterocycles. The average Bonchev–Trinajstić information content (AvgIpc) is 3.41. The number of hydrogen-bond donors (Lipinski definition) is 0. The predicted molar refractivity (Wildman–Crippen MR) is 120 cm³/mol. The van der Waals surface area contributed by atoms with E-state index >= 15 is 0 Å². The van der Waals surface area contributed by atoms with Gasteiger partial charge in [-0.3, -0.25) is 4.79 Å². The molecule has 1 saturated heterocycles. The van der Waals surface area contributed by atoms with Gasteiger partial charge in [-0.25, -0.2) is 4.98 Å². The molecule has 0 N–H and O–H groups in total. The number of allylic oxidation sites excluding steroid dienone is 1. The number of nitrogens with zero attached hydrogens (tertiary/aromatic N) is 3. The van der Waals surface area contributed by atoms with Crippen molar-refractivity contribution < 1.29 is 13.9 Å². The second kappa shape index (κ2) is 7.50. The Kier molecular flexibility index (Phi) is 4.49. The molecular weight excluding hydrogens is 410 g/mol. The minimum atomic E-state index is 0.0367. The Hall–Kier alpha value is -3.19. The van der Waals surface area contributed by atoms with Gasteiger partial charge >= 0.3 is 0 Å². The number of rotatable bonds is 3. The summed E-state index contributed by atoms with van der Waals surface area (Å²) in [5, 5.41) is 1.34. The SMILES string of the molecule is O=C(c1coc2cc(Oc3nc4ncccc4s3)ccc12)N1CCC2CCCC=C2C1. The van der Waals surface area contributed by atoms with E-state index in [4.69, 9.17) is 9.15 Å². The summed E-state index contributed by atoms with van der Waals surface area (Å²) < 4.78 is 12.6. The van der Waals surface area contributed by atoms with E-state index in [1.165, 1.54) is 29.8 Å². The maximum absolute atomic E-state index is 13.2. The van der Waals surface area contributed by atoms with Crippen molar-refractivity contribution in [2.75, 3.05) is 13.1 Å². The number of benzene rings is 1. The Bertz CT molecular complexity index is 1290. The number of ether oxygens (including phenoxy) is 1. The zero-order chi connectivity index (χ0) is 20.8. The highest BCUT2D eigenvalue weighted by atomic mass is 32.1. The molecule has 0 spiro atoms. The monoisotopic (exact) mass is 431 g/mol. The van der Waals surface area contributed by atoms with Gasteiger partial charge in [0.05, 0.1) is 10.3 Å². The summed E-state index contributed by atoms with van der Waals surface area (Å²) in [7, 11) is 0. The fourth-order valence-electron chi connectivity index (χ4n) is 4.61. The van der Waals surface area contributed by atoms with Gasteiger partial charge in [-0.2, -0.15) is 4.98 Å². The normalized spacial score (nSPS) is 18.8. The van der Waals surface area contributed by atoms with Crippen LogP contribution in [0.15, 0.2) is 58.9 Å². The number of hydrogen-bond acceptors (Lipinski definition) is 6. The summed E-state index contributed by atoms with van der Waals surface area (Å²) in [6.07, 6.45) is 10.3. The van der Waals surface area contributed by atoms with Crippen molar-refractivity contribution in [1.29, 1.82) is 0 Å². The molecule has 0 saturated carbocycles. The number of aromatic nitrogens is 2. The third-order valence-electron chi connectivity index (χ3n) is 6.22. The lowest BCUT2D eigenvalue weighted by Gasteiger charge is -2.36. The summed E-state index contributed by atoms with van der Waals surface area (Å²) in [5.41, 5.74) is 3.35. The van der Waals surface area contributed by atoms with Gasteiger partial charge in [0, 0.05) is 30.7 Å². The molecule has 31 heavy (non-hydrogen) atoms. The van der Waals surface area contributed by atoms with Gasteiger partial charge in [0.15, 0.2) is 5.65 Å². The van der Waals surface area contributed by atoms with E-state index in [1.54, 1.807) is 12.5 Å². The van der Waals surface area contributed by atoms with Gasteiger partial charge in [0.2, 0.25) is 0 Å². The Morgan fingerprint density at radius 1 is 1.26 bits per heavy atom. The number of thiazole rings is 1. The zero-order valence-corrected chi connectivity index (χ0v) is 17.7. The topological polar surface area (TPSA) is 68.5 Å². The fourth-order valence-corrected chi connectivity index (χ4v) is 5.41. The van der Waals surface area contributed by atoms with E-state index in [0.29, 0.717) is 33.7 Å². The quantitative estimate of drug-likeness (QED) is 0.383. The molecule has 6 nitrogen and oxygen atoms in total. The molecule has 6 rings (SSSR count). The van der Waals surface area contributed by atoms with Crippen LogP contribution in [0.25, 0.3) is 21.3 Å². The number of carbonyl (C=O) groups is 1. The van der Waals surface area contributed by atoms with E-state index in [1.807, 2.05) is 35.2 Å². The third-order valence-corrected chi connectivity index (χ3v) is 7.11. The Morgan fingerprint density at radius 2 is 2.23 bits per heavy atom. The summed E-state index contributed by atoms with van der Waals surface area (Å²) in [6, 6.07) is 9.39. The number of likely N-dealkylation sites (tertiary alicyclic amines) is 1. The summed E-state index contributed by atoms with van der Waals surface area (Å²) in [4.78, 5) is 23.8. The van der Waals surface area contributed by atoms with Crippen LogP contribution in [-0.4, -0.2) is 33.9 Å². The lowest BCUT2D eigenvalue weighted by atomic mass is 9.82. The first kappa shape index (κ1) is 18.6. The van der Waals surface area contributed by atoms with Crippen LogP contribution in [0, 0.1) is 5.92 Å². The highest BCUT2D eigenvalue weighted by molar-refractivity contribution is 7.20. The molecule has 1 fully saturated rings. The number of carbonyl (C=O) groups excluding carboxylic acids is 1. The molecule has 1 aromatic carbocycles. The van der Waals surface area contributed by atoms with Crippen LogP contribution >= 0.6 is 11.3 Å². The Morgan fingerprint density at radius 3 is 3.16 bits per heavy atom. The number of piperidine rings is 1. The lowest BCUT2D eigenvalue weighted by molar-refractivity contribution is 0.0731. The highest BCUT2D eigenvalue weighted by Gasteiger charge is 2.29. The van der Waals surface area contributed by atoms with E-state index in [9.17, 15) is 4.79 Å². The standard InChI is InChI=1S/C24H21N3O3S/c28-23(27-11-9-15-4-1-2-5-16(15)13-27)19-14-29-20-12-17(7-8-18(19)20)30-24-26-22-21(31-24)6-3-10-25-22/h3,5-8,10,12,14-15H,1-2,4,9,11,13H2. The van der Waals surface area contributed by atoms with Crippen molar-refractivity contribution in [3.05, 3.63) is 60.0 Å². The first-order chi connectivity index (χ1) is 15.2. The molecule has 1 aliphatic carbocycles. The van der Waals surface area contributed by atoms with Gasteiger partial charge < -0.3 is 14.1 Å². The maximum atomic E-state index is 13.2. The molecule has 4 heterocycles. The van der Waals surface area contributed by atoms with Crippen LogP contribution in [0.4, 0.5) is 0 Å². The molecular formula is C24H21N3O3S. The highest BCUT2D eigenvalue weighted by Crippen LogP contribution is 2.35. The lowest BCUT2D eigenvalue weighted by Crippen LogP contribution is -2.40. The molecule has 1 atom stereocenters. The van der Waals surface area contributed by atoms with Crippen LogP contribution in [0.3, 0.4) is 0 Å². The van der Waals surface area contributed by atoms with Crippen molar-refractivity contribution in [2.24, 2.45) is 5.92 Å². The maximum Gasteiger partial charge on any atom is 0.281 e. The molecule has 1 amide bonds. The molecule has 1 unspecified atom stereocenters.